The van der Waals surface area contributed by atoms with Crippen LogP contribution in [-0.2, 0) is 9.59 Å². The third-order valence-corrected chi connectivity index (χ3v) is 3.39. The molecule has 0 bridgehead atoms. The van der Waals surface area contributed by atoms with Gasteiger partial charge in [-0.15, -0.1) is 0 Å². The molecule has 0 aliphatic rings. The van der Waals surface area contributed by atoms with E-state index in [9.17, 15) is 9.59 Å². The summed E-state index contributed by atoms with van der Waals surface area (Å²) in [5.74, 6) is -0.382. The fourth-order valence-electron chi connectivity index (χ4n) is 2.04. The number of anilines is 3. The van der Waals surface area contributed by atoms with Crippen LogP contribution in [0, 0.1) is 6.92 Å². The van der Waals surface area contributed by atoms with Crippen molar-refractivity contribution in [3.05, 3.63) is 53.1 Å². The van der Waals surface area contributed by atoms with E-state index in [0.29, 0.717) is 16.4 Å². The van der Waals surface area contributed by atoms with Gasteiger partial charge in [-0.25, -0.2) is 0 Å². The quantitative estimate of drug-likeness (QED) is 0.783. The summed E-state index contributed by atoms with van der Waals surface area (Å²) < 4.78 is 0. The highest BCUT2D eigenvalue weighted by Gasteiger charge is 2.08. The molecule has 23 heavy (non-hydrogen) atoms. The number of nitrogens with one attached hydrogen (secondary N) is 3. The van der Waals surface area contributed by atoms with Crippen molar-refractivity contribution in [2.75, 3.05) is 22.5 Å². The number of benzene rings is 2. The van der Waals surface area contributed by atoms with E-state index < -0.39 is 0 Å². The Morgan fingerprint density at radius 1 is 1.00 bits per heavy atom. The molecule has 0 aromatic heterocycles. The molecule has 5 nitrogen and oxygen atoms in total. The van der Waals surface area contributed by atoms with Crippen LogP contribution >= 0.6 is 11.6 Å². The minimum absolute atomic E-state index is 0.0568. The number of para-hydroxylation sites is 1. The molecule has 0 aliphatic carbocycles. The Morgan fingerprint density at radius 3 is 2.43 bits per heavy atom. The number of hydrogen-bond donors (Lipinski definition) is 3. The Kier molecular flexibility index (Phi) is 5.60. The van der Waals surface area contributed by atoms with E-state index in [1.165, 1.54) is 6.92 Å². The molecular weight excluding hydrogens is 314 g/mol. The third-order valence-electron chi connectivity index (χ3n) is 3.15. The van der Waals surface area contributed by atoms with Crippen molar-refractivity contribution < 1.29 is 9.59 Å². The minimum Gasteiger partial charge on any atom is -0.374 e. The third kappa shape index (κ3) is 5.00. The van der Waals surface area contributed by atoms with Crippen molar-refractivity contribution in [1.82, 2.24) is 0 Å². The molecule has 2 aromatic rings. The molecule has 0 saturated carbocycles. The molecule has 120 valence electrons. The van der Waals surface area contributed by atoms with Crippen LogP contribution in [0.5, 0.6) is 0 Å². The lowest BCUT2D eigenvalue weighted by Gasteiger charge is -2.13. The van der Waals surface area contributed by atoms with Crippen LogP contribution in [0.4, 0.5) is 17.1 Å². The molecule has 3 N–H and O–H groups in total. The minimum atomic E-state index is -0.195. The lowest BCUT2D eigenvalue weighted by molar-refractivity contribution is -0.115. The van der Waals surface area contributed by atoms with E-state index >= 15 is 0 Å². The number of carbonyl (C=O) groups is 2. The first-order valence-electron chi connectivity index (χ1n) is 7.12. The molecule has 0 atom stereocenters. The standard InChI is InChI=1S/C17H18ClN3O2/c1-11-5-3-4-6-14(11)21-17(23)10-19-16-9-13(18)7-8-15(16)20-12(2)22/h3-9,19H,10H2,1-2H3,(H,20,22)(H,21,23). The zero-order valence-electron chi connectivity index (χ0n) is 12.9. The first kappa shape index (κ1) is 16.8. The maximum atomic E-state index is 12.1. The molecule has 0 fully saturated rings. The van der Waals surface area contributed by atoms with Gasteiger partial charge in [-0.1, -0.05) is 29.8 Å². The summed E-state index contributed by atoms with van der Waals surface area (Å²) in [5.41, 5.74) is 2.92. The average molecular weight is 332 g/mol. The average Bonchev–Trinajstić information content (AvgIpc) is 2.49. The monoisotopic (exact) mass is 331 g/mol. The Balaban J connectivity index is 2.02. The number of amides is 2. The van der Waals surface area contributed by atoms with Crippen molar-refractivity contribution in [3.63, 3.8) is 0 Å². The fourth-order valence-corrected chi connectivity index (χ4v) is 2.22. The van der Waals surface area contributed by atoms with E-state index in [1.54, 1.807) is 18.2 Å². The number of aryl methyl sites for hydroxylation is 1. The molecule has 0 unspecified atom stereocenters. The van der Waals surface area contributed by atoms with Gasteiger partial charge in [0, 0.05) is 17.6 Å². The summed E-state index contributed by atoms with van der Waals surface area (Å²) in [5, 5.41) is 9.03. The molecule has 0 saturated heterocycles. The lowest BCUT2D eigenvalue weighted by atomic mass is 10.2. The van der Waals surface area contributed by atoms with Crippen molar-refractivity contribution in [2.24, 2.45) is 0 Å². The molecule has 0 spiro atoms. The van der Waals surface area contributed by atoms with E-state index in [0.717, 1.165) is 11.3 Å². The second-order valence-electron chi connectivity index (χ2n) is 5.09. The largest absolute Gasteiger partial charge is 0.374 e. The molecule has 0 heterocycles. The van der Waals surface area contributed by atoms with Crippen LogP contribution in [0.25, 0.3) is 0 Å². The van der Waals surface area contributed by atoms with E-state index in [2.05, 4.69) is 16.0 Å². The second kappa shape index (κ2) is 7.65. The lowest BCUT2D eigenvalue weighted by Crippen LogP contribution is -2.22. The highest BCUT2D eigenvalue weighted by Crippen LogP contribution is 2.25. The Labute approximate surface area is 140 Å². The van der Waals surface area contributed by atoms with Crippen LogP contribution in [0.15, 0.2) is 42.5 Å². The van der Waals surface area contributed by atoms with Gasteiger partial charge in [-0.05, 0) is 36.8 Å². The summed E-state index contributed by atoms with van der Waals surface area (Å²) in [7, 11) is 0. The number of carbonyl (C=O) groups excluding carboxylic acids is 2. The molecule has 2 rings (SSSR count). The fraction of sp³-hybridized carbons (Fsp3) is 0.176. The van der Waals surface area contributed by atoms with Gasteiger partial charge in [0.25, 0.3) is 0 Å². The van der Waals surface area contributed by atoms with Crippen LogP contribution in [0.3, 0.4) is 0 Å². The summed E-state index contributed by atoms with van der Waals surface area (Å²) in [6.45, 7) is 3.40. The van der Waals surface area contributed by atoms with Crippen LogP contribution < -0.4 is 16.0 Å². The zero-order valence-corrected chi connectivity index (χ0v) is 13.7. The van der Waals surface area contributed by atoms with Gasteiger partial charge in [0.05, 0.1) is 17.9 Å². The van der Waals surface area contributed by atoms with Crippen LogP contribution in [0.2, 0.25) is 5.02 Å². The predicted octanol–water partition coefficient (Wildman–Crippen LogP) is 3.66. The van der Waals surface area contributed by atoms with Crippen LogP contribution in [0.1, 0.15) is 12.5 Å². The van der Waals surface area contributed by atoms with Crippen molar-refractivity contribution in [1.29, 1.82) is 0 Å². The maximum Gasteiger partial charge on any atom is 0.243 e. The Bertz CT molecular complexity index is 732. The van der Waals surface area contributed by atoms with Crippen molar-refractivity contribution >= 4 is 40.5 Å². The van der Waals surface area contributed by atoms with Crippen molar-refractivity contribution in [3.8, 4) is 0 Å². The topological polar surface area (TPSA) is 70.2 Å². The van der Waals surface area contributed by atoms with Crippen molar-refractivity contribution in [2.45, 2.75) is 13.8 Å². The van der Waals surface area contributed by atoms with E-state index in [1.807, 2.05) is 31.2 Å². The number of hydrogen-bond acceptors (Lipinski definition) is 3. The normalized spacial score (nSPS) is 10.0. The molecule has 2 amide bonds. The summed E-state index contributed by atoms with van der Waals surface area (Å²) in [4.78, 5) is 23.3. The van der Waals surface area contributed by atoms with Gasteiger partial charge in [-0.2, -0.15) is 0 Å². The molecular formula is C17H18ClN3O2. The van der Waals surface area contributed by atoms with Gasteiger partial charge < -0.3 is 16.0 Å². The summed E-state index contributed by atoms with van der Waals surface area (Å²) in [6.07, 6.45) is 0. The van der Waals surface area contributed by atoms with Gasteiger partial charge in [0.2, 0.25) is 11.8 Å². The first-order chi connectivity index (χ1) is 11.0. The van der Waals surface area contributed by atoms with Crippen LogP contribution in [-0.4, -0.2) is 18.4 Å². The van der Waals surface area contributed by atoms with E-state index in [4.69, 9.17) is 11.6 Å². The maximum absolute atomic E-state index is 12.1. The number of halogens is 1. The Morgan fingerprint density at radius 2 is 1.74 bits per heavy atom. The molecule has 2 aromatic carbocycles. The van der Waals surface area contributed by atoms with Gasteiger partial charge in [-0.3, -0.25) is 9.59 Å². The molecule has 0 radical (unpaired) electrons. The SMILES string of the molecule is CC(=O)Nc1ccc(Cl)cc1NCC(=O)Nc1ccccc1C. The predicted molar refractivity (Wildman–Crippen MR) is 94.1 cm³/mol. The van der Waals surface area contributed by atoms with Gasteiger partial charge >= 0.3 is 0 Å². The number of rotatable bonds is 5. The van der Waals surface area contributed by atoms with E-state index in [-0.39, 0.29) is 18.4 Å². The zero-order chi connectivity index (χ0) is 16.8. The summed E-state index contributed by atoms with van der Waals surface area (Å²) in [6, 6.07) is 12.6. The highest BCUT2D eigenvalue weighted by atomic mass is 35.5. The molecule has 0 aliphatic heterocycles. The summed E-state index contributed by atoms with van der Waals surface area (Å²) >= 11 is 5.97. The Hall–Kier alpha value is -2.53. The molecule has 6 heteroatoms. The van der Waals surface area contributed by atoms with Gasteiger partial charge in [0.1, 0.15) is 0 Å². The smallest absolute Gasteiger partial charge is 0.243 e. The highest BCUT2D eigenvalue weighted by molar-refractivity contribution is 6.31. The second-order valence-corrected chi connectivity index (χ2v) is 5.52. The van der Waals surface area contributed by atoms with Gasteiger partial charge in [0.15, 0.2) is 0 Å². The first-order valence-corrected chi connectivity index (χ1v) is 7.50.